The molecule has 3 N–H and O–H groups in total. The average Bonchev–Trinajstić information content (AvgIpc) is 2.97. The minimum Gasteiger partial charge on any atom is -0.493 e. The third-order valence-corrected chi connectivity index (χ3v) is 6.36. The maximum atomic E-state index is 12.4. The quantitative estimate of drug-likeness (QED) is 0.635. The number of primary amides is 1. The SMILES string of the molecule is Cc1cc(Cl)ccc1OCCCC(=O)Nc1sc2c(c1C(N)=O)CC[C@@H](C)C2. The van der Waals surface area contributed by atoms with Crippen LogP contribution in [-0.2, 0) is 17.6 Å². The van der Waals surface area contributed by atoms with Crippen molar-refractivity contribution < 1.29 is 14.3 Å². The summed E-state index contributed by atoms with van der Waals surface area (Å²) < 4.78 is 5.72. The summed E-state index contributed by atoms with van der Waals surface area (Å²) in [6.07, 6.45) is 3.70. The van der Waals surface area contributed by atoms with E-state index in [0.29, 0.717) is 41.0 Å². The highest BCUT2D eigenvalue weighted by molar-refractivity contribution is 7.17. The second-order valence-electron chi connectivity index (χ2n) is 7.33. The van der Waals surface area contributed by atoms with Gasteiger partial charge in [0.2, 0.25) is 5.91 Å². The molecule has 7 heteroatoms. The first-order valence-electron chi connectivity index (χ1n) is 9.48. The number of ether oxygens (including phenoxy) is 1. The zero-order valence-corrected chi connectivity index (χ0v) is 17.7. The molecule has 0 radical (unpaired) electrons. The highest BCUT2D eigenvalue weighted by Crippen LogP contribution is 2.39. The van der Waals surface area contributed by atoms with Crippen molar-refractivity contribution >= 4 is 39.8 Å². The first-order chi connectivity index (χ1) is 13.3. The fraction of sp³-hybridized carbons (Fsp3) is 0.429. The third-order valence-electron chi connectivity index (χ3n) is 4.95. The molecule has 3 rings (SSSR count). The molecule has 0 unspecified atom stereocenters. The largest absolute Gasteiger partial charge is 0.493 e. The Labute approximate surface area is 174 Å². The molecule has 28 heavy (non-hydrogen) atoms. The second-order valence-corrected chi connectivity index (χ2v) is 8.87. The van der Waals surface area contributed by atoms with Gasteiger partial charge in [-0.3, -0.25) is 9.59 Å². The molecule has 2 amide bonds. The molecule has 1 aromatic carbocycles. The number of fused-ring (bicyclic) bond motifs is 1. The van der Waals surface area contributed by atoms with Crippen LogP contribution in [0.5, 0.6) is 5.75 Å². The van der Waals surface area contributed by atoms with Gasteiger partial charge >= 0.3 is 0 Å². The zero-order chi connectivity index (χ0) is 20.3. The fourth-order valence-corrected chi connectivity index (χ4v) is 5.14. The van der Waals surface area contributed by atoms with Crippen LogP contribution in [0, 0.1) is 12.8 Å². The summed E-state index contributed by atoms with van der Waals surface area (Å²) in [6, 6.07) is 5.45. The summed E-state index contributed by atoms with van der Waals surface area (Å²) in [6.45, 7) is 4.56. The van der Waals surface area contributed by atoms with Crippen LogP contribution in [0.15, 0.2) is 18.2 Å². The third kappa shape index (κ3) is 4.86. The lowest BCUT2D eigenvalue weighted by atomic mass is 9.88. The number of anilines is 1. The van der Waals surface area contributed by atoms with Gasteiger partial charge in [-0.2, -0.15) is 0 Å². The normalized spacial score (nSPS) is 15.8. The van der Waals surface area contributed by atoms with Crippen LogP contribution in [0.25, 0.3) is 0 Å². The molecule has 1 aliphatic carbocycles. The van der Waals surface area contributed by atoms with E-state index in [1.165, 1.54) is 16.2 Å². The van der Waals surface area contributed by atoms with Crippen LogP contribution in [0.1, 0.15) is 52.5 Å². The number of nitrogens with two attached hydrogens (primary N) is 1. The van der Waals surface area contributed by atoms with Crippen LogP contribution in [0.4, 0.5) is 5.00 Å². The van der Waals surface area contributed by atoms with Crippen molar-refractivity contribution in [2.45, 2.75) is 46.0 Å². The standard InChI is InChI=1S/C21H25ClN2O3S/c1-12-5-7-15-17(10-12)28-21(19(15)20(23)26)24-18(25)4-3-9-27-16-8-6-14(22)11-13(16)2/h6,8,11-12H,3-5,7,9-10H2,1-2H3,(H2,23,26)(H,24,25)/t12-/m1/s1. The Morgan fingerprint density at radius 1 is 1.39 bits per heavy atom. The number of benzene rings is 1. The lowest BCUT2D eigenvalue weighted by Crippen LogP contribution is -2.19. The summed E-state index contributed by atoms with van der Waals surface area (Å²) in [5, 5.41) is 4.15. The van der Waals surface area contributed by atoms with Crippen molar-refractivity contribution in [3.05, 3.63) is 44.8 Å². The van der Waals surface area contributed by atoms with Gasteiger partial charge in [0, 0.05) is 16.3 Å². The lowest BCUT2D eigenvalue weighted by Gasteiger charge is -2.18. The molecule has 0 saturated carbocycles. The van der Waals surface area contributed by atoms with Gasteiger partial charge in [0.05, 0.1) is 12.2 Å². The molecule has 150 valence electrons. The molecule has 0 fully saturated rings. The Balaban J connectivity index is 1.55. The first-order valence-corrected chi connectivity index (χ1v) is 10.7. The van der Waals surface area contributed by atoms with Gasteiger partial charge in [-0.05, 0) is 67.9 Å². The van der Waals surface area contributed by atoms with Gasteiger partial charge in [0.25, 0.3) is 5.91 Å². The Kier molecular flexibility index (Phi) is 6.62. The Morgan fingerprint density at radius 3 is 2.89 bits per heavy atom. The molecular formula is C21H25ClN2O3S. The summed E-state index contributed by atoms with van der Waals surface area (Å²) in [4.78, 5) is 25.5. The van der Waals surface area contributed by atoms with Gasteiger partial charge in [0.15, 0.2) is 0 Å². The van der Waals surface area contributed by atoms with Crippen molar-refractivity contribution in [3.63, 3.8) is 0 Å². The van der Waals surface area contributed by atoms with Crippen LogP contribution >= 0.6 is 22.9 Å². The molecule has 0 bridgehead atoms. The van der Waals surface area contributed by atoms with E-state index in [1.807, 2.05) is 19.1 Å². The van der Waals surface area contributed by atoms with Crippen molar-refractivity contribution in [1.82, 2.24) is 0 Å². The van der Waals surface area contributed by atoms with Gasteiger partial charge in [-0.1, -0.05) is 18.5 Å². The minimum absolute atomic E-state index is 0.134. The number of nitrogens with one attached hydrogen (secondary N) is 1. The molecule has 1 aliphatic rings. The molecule has 0 saturated heterocycles. The average molecular weight is 421 g/mol. The van der Waals surface area contributed by atoms with Crippen molar-refractivity contribution in [2.24, 2.45) is 11.7 Å². The Bertz CT molecular complexity index is 894. The van der Waals surface area contributed by atoms with Gasteiger partial charge in [-0.25, -0.2) is 0 Å². The topological polar surface area (TPSA) is 81.4 Å². The predicted molar refractivity (Wildman–Crippen MR) is 114 cm³/mol. The monoisotopic (exact) mass is 420 g/mol. The molecule has 1 heterocycles. The molecule has 2 aromatic rings. The number of carbonyl (C=O) groups is 2. The summed E-state index contributed by atoms with van der Waals surface area (Å²) in [5.41, 5.74) is 8.07. The predicted octanol–water partition coefficient (Wildman–Crippen LogP) is 4.73. The highest BCUT2D eigenvalue weighted by atomic mass is 35.5. The van der Waals surface area contributed by atoms with Crippen LogP contribution < -0.4 is 15.8 Å². The van der Waals surface area contributed by atoms with Gasteiger partial charge in [0.1, 0.15) is 10.8 Å². The number of hydrogen-bond acceptors (Lipinski definition) is 4. The fourth-order valence-electron chi connectivity index (χ4n) is 3.48. The van der Waals surface area contributed by atoms with Crippen molar-refractivity contribution in [2.75, 3.05) is 11.9 Å². The highest BCUT2D eigenvalue weighted by Gasteiger charge is 2.27. The Hall–Kier alpha value is -2.05. The number of carbonyl (C=O) groups excluding carboxylic acids is 2. The number of amides is 2. The van der Waals surface area contributed by atoms with E-state index < -0.39 is 5.91 Å². The maximum Gasteiger partial charge on any atom is 0.251 e. The number of hydrogen-bond donors (Lipinski definition) is 2. The van der Waals surface area contributed by atoms with Gasteiger partial charge < -0.3 is 15.8 Å². The molecule has 5 nitrogen and oxygen atoms in total. The van der Waals surface area contributed by atoms with E-state index in [-0.39, 0.29) is 5.91 Å². The smallest absolute Gasteiger partial charge is 0.251 e. The second kappa shape index (κ2) is 8.97. The molecule has 1 aromatic heterocycles. The van der Waals surface area contributed by atoms with Crippen molar-refractivity contribution in [3.8, 4) is 5.75 Å². The number of thiophene rings is 1. The first kappa shape index (κ1) is 20.7. The van der Waals surface area contributed by atoms with E-state index in [2.05, 4.69) is 12.2 Å². The molecular weight excluding hydrogens is 396 g/mol. The summed E-state index contributed by atoms with van der Waals surface area (Å²) in [5.74, 6) is 0.749. The molecule has 0 spiro atoms. The number of rotatable bonds is 7. The number of aryl methyl sites for hydroxylation is 1. The molecule has 0 aliphatic heterocycles. The number of halogens is 1. The minimum atomic E-state index is -0.469. The van der Waals surface area contributed by atoms with E-state index in [4.69, 9.17) is 22.1 Å². The zero-order valence-electron chi connectivity index (χ0n) is 16.1. The van der Waals surface area contributed by atoms with Gasteiger partial charge in [-0.15, -0.1) is 11.3 Å². The van der Waals surface area contributed by atoms with Crippen LogP contribution in [-0.4, -0.2) is 18.4 Å². The summed E-state index contributed by atoms with van der Waals surface area (Å²) >= 11 is 7.42. The lowest BCUT2D eigenvalue weighted by molar-refractivity contribution is -0.116. The van der Waals surface area contributed by atoms with E-state index >= 15 is 0 Å². The van der Waals surface area contributed by atoms with Crippen LogP contribution in [0.3, 0.4) is 0 Å². The maximum absolute atomic E-state index is 12.4. The Morgan fingerprint density at radius 2 is 2.18 bits per heavy atom. The van der Waals surface area contributed by atoms with E-state index in [0.717, 1.165) is 36.1 Å². The van der Waals surface area contributed by atoms with E-state index in [9.17, 15) is 9.59 Å². The van der Waals surface area contributed by atoms with Crippen LogP contribution in [0.2, 0.25) is 5.02 Å². The molecule has 1 atom stereocenters. The van der Waals surface area contributed by atoms with Crippen molar-refractivity contribution in [1.29, 1.82) is 0 Å². The summed E-state index contributed by atoms with van der Waals surface area (Å²) in [7, 11) is 0. The van der Waals surface area contributed by atoms with E-state index in [1.54, 1.807) is 6.07 Å².